The van der Waals surface area contributed by atoms with Gasteiger partial charge in [0.1, 0.15) is 0 Å². The molecule has 5 heteroatoms. The van der Waals surface area contributed by atoms with Gasteiger partial charge in [0.15, 0.2) is 0 Å². The van der Waals surface area contributed by atoms with Crippen LogP contribution in [-0.2, 0) is 4.79 Å². The summed E-state index contributed by atoms with van der Waals surface area (Å²) in [6.45, 7) is 2.27. The molecule has 0 aromatic carbocycles. The van der Waals surface area contributed by atoms with Crippen molar-refractivity contribution < 1.29 is 9.53 Å². The first-order valence-corrected chi connectivity index (χ1v) is 4.39. The zero-order valence-corrected chi connectivity index (χ0v) is 8.06. The van der Waals surface area contributed by atoms with Crippen LogP contribution in [0.4, 0.5) is 0 Å². The van der Waals surface area contributed by atoms with Gasteiger partial charge in [0.2, 0.25) is 5.91 Å². The van der Waals surface area contributed by atoms with Crippen molar-refractivity contribution in [3.63, 3.8) is 0 Å². The minimum Gasteiger partial charge on any atom is -0.463 e. The van der Waals surface area contributed by atoms with Gasteiger partial charge < -0.3 is 10.5 Å². The minimum absolute atomic E-state index is 0.321. The van der Waals surface area contributed by atoms with Crippen molar-refractivity contribution in [2.75, 3.05) is 6.61 Å². The highest BCUT2D eigenvalue weighted by Crippen LogP contribution is 2.02. The Labute approximate surface area is 82.3 Å². The van der Waals surface area contributed by atoms with Crippen LogP contribution in [0.15, 0.2) is 12.3 Å². The second-order valence-electron chi connectivity index (χ2n) is 2.90. The number of rotatable bonds is 5. The number of nitrogens with two attached hydrogens (primary N) is 1. The maximum atomic E-state index is 10.4. The molecule has 0 bridgehead atoms. The maximum absolute atomic E-state index is 10.4. The third kappa shape index (κ3) is 3.84. The highest BCUT2D eigenvalue weighted by molar-refractivity contribution is 5.73. The van der Waals surface area contributed by atoms with Gasteiger partial charge in [-0.2, -0.15) is 0 Å². The summed E-state index contributed by atoms with van der Waals surface area (Å²) in [5.41, 5.74) is 5.82. The molecule has 1 amide bonds. The first-order valence-electron chi connectivity index (χ1n) is 4.39. The molecule has 0 aliphatic rings. The summed E-state index contributed by atoms with van der Waals surface area (Å²) >= 11 is 0. The fourth-order valence-corrected chi connectivity index (χ4v) is 0.905. The van der Waals surface area contributed by atoms with E-state index in [2.05, 4.69) is 9.97 Å². The highest BCUT2D eigenvalue weighted by atomic mass is 16.5. The summed E-state index contributed by atoms with van der Waals surface area (Å²) in [7, 11) is 0. The van der Waals surface area contributed by atoms with Crippen molar-refractivity contribution >= 4 is 5.91 Å². The highest BCUT2D eigenvalue weighted by Gasteiger charge is 1.98. The molecule has 14 heavy (non-hydrogen) atoms. The lowest BCUT2D eigenvalue weighted by atomic mass is 10.3. The van der Waals surface area contributed by atoms with Crippen LogP contribution in [0.5, 0.6) is 6.01 Å². The second kappa shape index (κ2) is 5.16. The van der Waals surface area contributed by atoms with E-state index in [9.17, 15) is 4.79 Å². The normalized spacial score (nSPS) is 9.79. The summed E-state index contributed by atoms with van der Waals surface area (Å²) in [5, 5.41) is 0. The number of primary amides is 1. The van der Waals surface area contributed by atoms with Gasteiger partial charge in [-0.25, -0.2) is 9.97 Å². The summed E-state index contributed by atoms with van der Waals surface area (Å²) in [4.78, 5) is 18.3. The van der Waals surface area contributed by atoms with Crippen LogP contribution >= 0.6 is 0 Å². The van der Waals surface area contributed by atoms with E-state index in [1.54, 1.807) is 12.3 Å². The average Bonchev–Trinajstić information content (AvgIpc) is 2.12. The number of hydrogen-bond donors (Lipinski definition) is 1. The molecular weight excluding hydrogens is 182 g/mol. The molecule has 0 fully saturated rings. The van der Waals surface area contributed by atoms with Crippen molar-refractivity contribution in [3.05, 3.63) is 18.0 Å². The molecule has 0 aliphatic carbocycles. The van der Waals surface area contributed by atoms with E-state index in [1.807, 2.05) is 6.92 Å². The van der Waals surface area contributed by atoms with Gasteiger partial charge in [0, 0.05) is 18.3 Å². The Hall–Kier alpha value is -1.65. The molecule has 0 unspecified atom stereocenters. The molecule has 2 N–H and O–H groups in total. The van der Waals surface area contributed by atoms with E-state index in [0.717, 1.165) is 5.69 Å². The SMILES string of the molecule is Cc1ccnc(OCCCC(N)=O)n1. The largest absolute Gasteiger partial charge is 0.463 e. The number of ether oxygens (including phenoxy) is 1. The van der Waals surface area contributed by atoms with Gasteiger partial charge in [-0.1, -0.05) is 0 Å². The Balaban J connectivity index is 2.28. The van der Waals surface area contributed by atoms with Crippen molar-refractivity contribution in [2.45, 2.75) is 19.8 Å². The second-order valence-corrected chi connectivity index (χ2v) is 2.90. The molecule has 0 atom stereocenters. The van der Waals surface area contributed by atoms with Gasteiger partial charge in [0.05, 0.1) is 6.61 Å². The molecule has 0 aliphatic heterocycles. The van der Waals surface area contributed by atoms with Crippen LogP contribution in [-0.4, -0.2) is 22.5 Å². The number of aromatic nitrogens is 2. The average molecular weight is 195 g/mol. The van der Waals surface area contributed by atoms with E-state index < -0.39 is 0 Å². The van der Waals surface area contributed by atoms with Crippen LogP contribution < -0.4 is 10.5 Å². The molecule has 0 radical (unpaired) electrons. The topological polar surface area (TPSA) is 78.1 Å². The predicted molar refractivity (Wildman–Crippen MR) is 50.7 cm³/mol. The summed E-state index contributed by atoms with van der Waals surface area (Å²) in [6.07, 6.45) is 2.55. The number of nitrogens with zero attached hydrogens (tertiary/aromatic N) is 2. The van der Waals surface area contributed by atoms with Crippen molar-refractivity contribution in [3.8, 4) is 6.01 Å². The van der Waals surface area contributed by atoms with Crippen LogP contribution in [0.3, 0.4) is 0 Å². The lowest BCUT2D eigenvalue weighted by molar-refractivity contribution is -0.118. The Bertz CT molecular complexity index is 315. The van der Waals surface area contributed by atoms with E-state index >= 15 is 0 Å². The number of carbonyl (C=O) groups excluding carboxylic acids is 1. The van der Waals surface area contributed by atoms with Crippen LogP contribution in [0.1, 0.15) is 18.5 Å². The van der Waals surface area contributed by atoms with Crippen molar-refractivity contribution in [1.82, 2.24) is 9.97 Å². The number of aryl methyl sites for hydroxylation is 1. The van der Waals surface area contributed by atoms with Gasteiger partial charge in [-0.3, -0.25) is 4.79 Å². The third-order valence-electron chi connectivity index (χ3n) is 1.57. The predicted octanol–water partition coefficient (Wildman–Crippen LogP) is 0.429. The Kier molecular flexibility index (Phi) is 3.84. The zero-order chi connectivity index (χ0) is 10.4. The van der Waals surface area contributed by atoms with Crippen molar-refractivity contribution in [2.24, 2.45) is 5.73 Å². The summed E-state index contributed by atoms with van der Waals surface area (Å²) in [6, 6.07) is 2.13. The molecule has 0 spiro atoms. The van der Waals surface area contributed by atoms with Gasteiger partial charge >= 0.3 is 6.01 Å². The number of carbonyl (C=O) groups is 1. The Morgan fingerprint density at radius 1 is 1.64 bits per heavy atom. The van der Waals surface area contributed by atoms with Gasteiger partial charge in [-0.05, 0) is 19.4 Å². The first kappa shape index (κ1) is 10.4. The molecule has 76 valence electrons. The molecule has 0 saturated heterocycles. The summed E-state index contributed by atoms with van der Waals surface area (Å²) in [5.74, 6) is -0.321. The Morgan fingerprint density at radius 3 is 3.07 bits per heavy atom. The molecule has 5 nitrogen and oxygen atoms in total. The maximum Gasteiger partial charge on any atom is 0.316 e. The van der Waals surface area contributed by atoms with Gasteiger partial charge in [0.25, 0.3) is 0 Å². The van der Waals surface area contributed by atoms with Crippen molar-refractivity contribution in [1.29, 1.82) is 0 Å². The van der Waals surface area contributed by atoms with Crippen LogP contribution in [0, 0.1) is 6.92 Å². The van der Waals surface area contributed by atoms with E-state index in [1.165, 1.54) is 0 Å². The van der Waals surface area contributed by atoms with E-state index in [-0.39, 0.29) is 5.91 Å². The number of amides is 1. The van der Waals surface area contributed by atoms with E-state index in [0.29, 0.717) is 25.5 Å². The lowest BCUT2D eigenvalue weighted by Crippen LogP contribution is -2.12. The molecule has 0 saturated carbocycles. The fraction of sp³-hybridized carbons (Fsp3) is 0.444. The smallest absolute Gasteiger partial charge is 0.316 e. The summed E-state index contributed by atoms with van der Waals surface area (Å²) < 4.78 is 5.21. The molecular formula is C9H13N3O2. The first-order chi connectivity index (χ1) is 6.68. The van der Waals surface area contributed by atoms with Crippen LogP contribution in [0.25, 0.3) is 0 Å². The zero-order valence-electron chi connectivity index (χ0n) is 8.06. The number of hydrogen-bond acceptors (Lipinski definition) is 4. The standard InChI is InChI=1S/C9H13N3O2/c1-7-4-5-11-9(12-7)14-6-2-3-8(10)13/h4-5H,2-3,6H2,1H3,(H2,10,13). The third-order valence-corrected chi connectivity index (χ3v) is 1.57. The monoisotopic (exact) mass is 195 g/mol. The molecule has 1 heterocycles. The van der Waals surface area contributed by atoms with Gasteiger partial charge in [-0.15, -0.1) is 0 Å². The molecule has 1 aromatic heterocycles. The van der Waals surface area contributed by atoms with Crippen LogP contribution in [0.2, 0.25) is 0 Å². The lowest BCUT2D eigenvalue weighted by Gasteiger charge is -2.02. The quantitative estimate of drug-likeness (QED) is 0.691. The van der Waals surface area contributed by atoms with E-state index in [4.69, 9.17) is 10.5 Å². The molecule has 1 rings (SSSR count). The minimum atomic E-state index is -0.321. The Morgan fingerprint density at radius 2 is 2.43 bits per heavy atom. The fourth-order valence-electron chi connectivity index (χ4n) is 0.905. The molecule has 1 aromatic rings.